The molecule has 4 nitrogen and oxygen atoms in total. The van der Waals surface area contributed by atoms with E-state index in [0.717, 1.165) is 6.42 Å². The van der Waals surface area contributed by atoms with Crippen LogP contribution in [0.5, 0.6) is 11.5 Å². The molecule has 0 heterocycles. The number of hydrogen-bond donors (Lipinski definition) is 1. The fraction of sp³-hybridized carbons (Fsp3) is 0.533. The van der Waals surface area contributed by atoms with Crippen molar-refractivity contribution in [3.63, 3.8) is 0 Å². The van der Waals surface area contributed by atoms with Gasteiger partial charge in [0, 0.05) is 23.6 Å². The number of carbonyl (C=O) groups excluding carboxylic acids is 1. The van der Waals surface area contributed by atoms with Crippen LogP contribution in [0.25, 0.3) is 0 Å². The summed E-state index contributed by atoms with van der Waals surface area (Å²) >= 11 is 5.77. The van der Waals surface area contributed by atoms with Gasteiger partial charge in [0.05, 0.1) is 14.2 Å². The molecular formula is C15H22ClNO3. The number of halogens is 1. The molecule has 0 fully saturated rings. The topological polar surface area (TPSA) is 47.6 Å². The number of hydrogen-bond acceptors (Lipinski definition) is 3. The van der Waals surface area contributed by atoms with Crippen molar-refractivity contribution in [2.45, 2.75) is 26.3 Å². The molecule has 1 aromatic rings. The quantitative estimate of drug-likeness (QED) is 0.787. The van der Waals surface area contributed by atoms with E-state index in [9.17, 15) is 4.79 Å². The van der Waals surface area contributed by atoms with E-state index in [1.54, 1.807) is 32.4 Å². The van der Waals surface area contributed by atoms with E-state index in [0.29, 0.717) is 28.9 Å². The van der Waals surface area contributed by atoms with Gasteiger partial charge in [0.15, 0.2) is 0 Å². The van der Waals surface area contributed by atoms with Crippen LogP contribution in [-0.4, -0.2) is 32.0 Å². The van der Waals surface area contributed by atoms with Crippen LogP contribution in [0.3, 0.4) is 0 Å². The number of rotatable bonds is 7. The smallest absolute Gasteiger partial charge is 0.251 e. The zero-order valence-corrected chi connectivity index (χ0v) is 13.2. The van der Waals surface area contributed by atoms with E-state index in [4.69, 9.17) is 21.1 Å². The van der Waals surface area contributed by atoms with Gasteiger partial charge in [0.2, 0.25) is 0 Å². The highest BCUT2D eigenvalue weighted by Gasteiger charge is 2.17. The molecule has 0 radical (unpaired) electrons. The van der Waals surface area contributed by atoms with Crippen LogP contribution in [0.15, 0.2) is 18.2 Å². The van der Waals surface area contributed by atoms with E-state index in [1.807, 2.05) is 0 Å². The normalized spacial score (nSPS) is 12.1. The minimum atomic E-state index is -0.147. The number of benzene rings is 1. The summed E-state index contributed by atoms with van der Waals surface area (Å²) in [6, 6.07) is 5.17. The molecule has 0 spiro atoms. The second kappa shape index (κ2) is 8.00. The number of methoxy groups -OCH3 is 2. The molecule has 1 amide bonds. The van der Waals surface area contributed by atoms with Crippen LogP contribution in [0.4, 0.5) is 0 Å². The minimum absolute atomic E-state index is 0.0530. The number of ether oxygens (including phenoxy) is 2. The van der Waals surface area contributed by atoms with E-state index in [-0.39, 0.29) is 11.9 Å². The Morgan fingerprint density at radius 3 is 2.15 bits per heavy atom. The van der Waals surface area contributed by atoms with E-state index >= 15 is 0 Å². The van der Waals surface area contributed by atoms with Crippen molar-refractivity contribution < 1.29 is 14.3 Å². The molecule has 0 saturated heterocycles. The minimum Gasteiger partial charge on any atom is -0.497 e. The van der Waals surface area contributed by atoms with E-state index in [1.165, 1.54) is 0 Å². The maximum Gasteiger partial charge on any atom is 0.251 e. The van der Waals surface area contributed by atoms with Crippen molar-refractivity contribution in [3.05, 3.63) is 23.8 Å². The second-order valence-corrected chi connectivity index (χ2v) is 5.28. The average Bonchev–Trinajstić information content (AvgIpc) is 2.45. The lowest BCUT2D eigenvalue weighted by molar-refractivity contribution is 0.0924. The summed E-state index contributed by atoms with van der Waals surface area (Å²) in [5.74, 6) is 1.88. The van der Waals surface area contributed by atoms with Gasteiger partial charge in [-0.05, 0) is 24.5 Å². The summed E-state index contributed by atoms with van der Waals surface area (Å²) in [5, 5.41) is 3.00. The first kappa shape index (κ1) is 16.6. The van der Waals surface area contributed by atoms with Gasteiger partial charge < -0.3 is 14.8 Å². The Balaban J connectivity index is 2.90. The van der Waals surface area contributed by atoms with Crippen molar-refractivity contribution >= 4 is 17.5 Å². The van der Waals surface area contributed by atoms with Crippen molar-refractivity contribution in [2.75, 3.05) is 20.1 Å². The number of alkyl halides is 1. The van der Waals surface area contributed by atoms with E-state index < -0.39 is 0 Å². The van der Waals surface area contributed by atoms with Gasteiger partial charge in [-0.1, -0.05) is 13.8 Å². The standard InChI is InChI=1S/C15H22ClNO3/c1-10(2)14(5-6-16)17-15(18)11-7-12(19-3)9-13(8-11)20-4/h7-10,14H,5-6H2,1-4H3,(H,17,18). The lowest BCUT2D eigenvalue weighted by atomic mass is 10.0. The fourth-order valence-electron chi connectivity index (χ4n) is 1.88. The van der Waals surface area contributed by atoms with Crippen molar-refractivity contribution in [1.82, 2.24) is 5.32 Å². The summed E-state index contributed by atoms with van der Waals surface area (Å²) in [7, 11) is 3.11. The second-order valence-electron chi connectivity index (χ2n) is 4.90. The van der Waals surface area contributed by atoms with Gasteiger partial charge in [0.1, 0.15) is 11.5 Å². The Bertz CT molecular complexity index is 426. The highest BCUT2D eigenvalue weighted by Crippen LogP contribution is 2.22. The first-order chi connectivity index (χ1) is 9.51. The van der Waals surface area contributed by atoms with Crippen molar-refractivity contribution in [2.24, 2.45) is 5.92 Å². The number of carbonyl (C=O) groups is 1. The van der Waals surface area contributed by atoms with Gasteiger partial charge in [-0.15, -0.1) is 11.6 Å². The molecule has 0 aliphatic carbocycles. The molecule has 5 heteroatoms. The zero-order chi connectivity index (χ0) is 15.1. The number of amides is 1. The van der Waals surface area contributed by atoms with Crippen LogP contribution in [0.2, 0.25) is 0 Å². The molecule has 0 saturated carbocycles. The molecule has 0 aliphatic heterocycles. The molecule has 1 aromatic carbocycles. The Hall–Kier alpha value is -1.42. The zero-order valence-electron chi connectivity index (χ0n) is 12.4. The molecule has 0 aromatic heterocycles. The highest BCUT2D eigenvalue weighted by atomic mass is 35.5. The van der Waals surface area contributed by atoms with Gasteiger partial charge >= 0.3 is 0 Å². The van der Waals surface area contributed by atoms with Crippen LogP contribution in [0, 0.1) is 5.92 Å². The molecule has 0 aliphatic rings. The summed E-state index contributed by atoms with van der Waals surface area (Å²) in [5.41, 5.74) is 0.515. The first-order valence-electron chi connectivity index (χ1n) is 6.61. The molecule has 1 atom stereocenters. The third-order valence-corrected chi connectivity index (χ3v) is 3.37. The number of nitrogens with one attached hydrogen (secondary N) is 1. The summed E-state index contributed by atoms with van der Waals surface area (Å²) < 4.78 is 10.3. The molecule has 1 unspecified atom stereocenters. The largest absolute Gasteiger partial charge is 0.497 e. The Morgan fingerprint density at radius 2 is 1.75 bits per heavy atom. The van der Waals surface area contributed by atoms with Crippen LogP contribution < -0.4 is 14.8 Å². The van der Waals surface area contributed by atoms with Crippen LogP contribution in [0.1, 0.15) is 30.6 Å². The average molecular weight is 300 g/mol. The maximum atomic E-state index is 12.3. The molecule has 1 rings (SSSR count). The summed E-state index contributed by atoms with van der Waals surface area (Å²) in [6.45, 7) is 4.12. The van der Waals surface area contributed by atoms with Gasteiger partial charge in [0.25, 0.3) is 5.91 Å². The Labute approximate surface area is 125 Å². The first-order valence-corrected chi connectivity index (χ1v) is 7.15. The lowest BCUT2D eigenvalue weighted by Gasteiger charge is -2.21. The summed E-state index contributed by atoms with van der Waals surface area (Å²) in [6.07, 6.45) is 0.742. The molecule has 112 valence electrons. The van der Waals surface area contributed by atoms with Crippen molar-refractivity contribution in [1.29, 1.82) is 0 Å². The lowest BCUT2D eigenvalue weighted by Crippen LogP contribution is -2.38. The predicted molar refractivity (Wildman–Crippen MR) is 81.0 cm³/mol. The Kier molecular flexibility index (Phi) is 6.65. The Morgan fingerprint density at radius 1 is 1.20 bits per heavy atom. The maximum absolute atomic E-state index is 12.3. The fourth-order valence-corrected chi connectivity index (χ4v) is 2.12. The monoisotopic (exact) mass is 299 g/mol. The third-order valence-electron chi connectivity index (χ3n) is 3.15. The molecule has 20 heavy (non-hydrogen) atoms. The third kappa shape index (κ3) is 4.60. The molecular weight excluding hydrogens is 278 g/mol. The highest BCUT2D eigenvalue weighted by molar-refractivity contribution is 6.17. The van der Waals surface area contributed by atoms with E-state index in [2.05, 4.69) is 19.2 Å². The van der Waals surface area contributed by atoms with Crippen molar-refractivity contribution in [3.8, 4) is 11.5 Å². The SMILES string of the molecule is COc1cc(OC)cc(C(=O)NC(CCCl)C(C)C)c1. The van der Waals surface area contributed by atoms with Gasteiger partial charge in [-0.2, -0.15) is 0 Å². The molecule has 0 bridgehead atoms. The predicted octanol–water partition coefficient (Wildman–Crippen LogP) is 3.09. The van der Waals surface area contributed by atoms with Crippen LogP contribution >= 0.6 is 11.6 Å². The molecule has 1 N–H and O–H groups in total. The summed E-state index contributed by atoms with van der Waals surface area (Å²) in [4.78, 5) is 12.3. The van der Waals surface area contributed by atoms with Gasteiger partial charge in [-0.25, -0.2) is 0 Å². The van der Waals surface area contributed by atoms with Crippen LogP contribution in [-0.2, 0) is 0 Å². The van der Waals surface area contributed by atoms with Gasteiger partial charge in [-0.3, -0.25) is 4.79 Å².